The maximum Gasteiger partial charge on any atom is 0.336 e. The maximum absolute atomic E-state index is 14.0. The molecule has 3 aromatic rings. The minimum absolute atomic E-state index is 0.0126. The van der Waals surface area contributed by atoms with Crippen LogP contribution >= 0.6 is 0 Å². The van der Waals surface area contributed by atoms with E-state index in [1.807, 2.05) is 35.2 Å². The molecule has 8 heteroatoms. The Morgan fingerprint density at radius 2 is 1.67 bits per heavy atom. The van der Waals surface area contributed by atoms with Crippen LogP contribution in [0.5, 0.6) is 0 Å². The Balaban J connectivity index is 1.34. The van der Waals surface area contributed by atoms with Gasteiger partial charge >= 0.3 is 5.97 Å². The van der Waals surface area contributed by atoms with Gasteiger partial charge in [0, 0.05) is 55.5 Å². The first kappa shape index (κ1) is 29.0. The molecular formula is C34H36FN3O4. The molecule has 0 spiro atoms. The van der Waals surface area contributed by atoms with E-state index in [0.29, 0.717) is 35.5 Å². The molecule has 0 aromatic heterocycles. The fourth-order valence-corrected chi connectivity index (χ4v) is 5.92. The number of ether oxygens (including phenoxy) is 1. The number of amides is 2. The number of esters is 1. The van der Waals surface area contributed by atoms with E-state index in [-0.39, 0.29) is 31.4 Å². The molecule has 2 aliphatic heterocycles. The summed E-state index contributed by atoms with van der Waals surface area (Å²) in [6, 6.07) is 21.6. The summed E-state index contributed by atoms with van der Waals surface area (Å²) in [5.74, 6) is -1.78. The highest BCUT2D eigenvalue weighted by atomic mass is 19.1. The Morgan fingerprint density at radius 3 is 2.38 bits per heavy atom. The Kier molecular flexibility index (Phi) is 8.71. The molecule has 0 aliphatic carbocycles. The number of hydrogen-bond donors (Lipinski definition) is 0. The number of nitrogens with zero attached hydrogens (tertiary/aromatic N) is 3. The SMILES string of the molecule is CCOC(=O)C1=C(C)N(Cc2cccc(C(=O)N3CCN(c4ccccc4C)CC3)c2)C(=O)CC1c1cccc(F)c1. The summed E-state index contributed by atoms with van der Waals surface area (Å²) in [7, 11) is 0. The minimum atomic E-state index is -0.602. The van der Waals surface area contributed by atoms with Gasteiger partial charge in [-0.1, -0.05) is 42.5 Å². The van der Waals surface area contributed by atoms with Crippen molar-refractivity contribution >= 4 is 23.5 Å². The van der Waals surface area contributed by atoms with Crippen molar-refractivity contribution in [1.82, 2.24) is 9.80 Å². The number of allylic oxidation sites excluding steroid dienone is 1. The van der Waals surface area contributed by atoms with Gasteiger partial charge in [-0.3, -0.25) is 9.59 Å². The van der Waals surface area contributed by atoms with Crippen LogP contribution in [0.15, 0.2) is 84.1 Å². The molecule has 218 valence electrons. The van der Waals surface area contributed by atoms with Gasteiger partial charge in [0.2, 0.25) is 5.91 Å². The van der Waals surface area contributed by atoms with Crippen LogP contribution in [0.3, 0.4) is 0 Å². The molecule has 1 unspecified atom stereocenters. The van der Waals surface area contributed by atoms with E-state index in [9.17, 15) is 18.8 Å². The van der Waals surface area contributed by atoms with Crippen LogP contribution in [0.4, 0.5) is 10.1 Å². The Hall–Kier alpha value is -4.46. The predicted octanol–water partition coefficient (Wildman–Crippen LogP) is 5.45. The van der Waals surface area contributed by atoms with E-state index >= 15 is 0 Å². The number of carbonyl (C=O) groups excluding carboxylic acids is 3. The summed E-state index contributed by atoms with van der Waals surface area (Å²) in [4.78, 5) is 45.7. The second-order valence-corrected chi connectivity index (χ2v) is 10.8. The van der Waals surface area contributed by atoms with Gasteiger partial charge in [-0.15, -0.1) is 0 Å². The molecule has 0 radical (unpaired) electrons. The normalized spacial score (nSPS) is 17.5. The quantitative estimate of drug-likeness (QED) is 0.354. The van der Waals surface area contributed by atoms with Crippen molar-refractivity contribution in [3.8, 4) is 0 Å². The predicted molar refractivity (Wildman–Crippen MR) is 159 cm³/mol. The summed E-state index contributed by atoms with van der Waals surface area (Å²) in [6.07, 6.45) is 0.0126. The molecule has 1 fully saturated rings. The monoisotopic (exact) mass is 569 g/mol. The molecule has 42 heavy (non-hydrogen) atoms. The third-order valence-electron chi connectivity index (χ3n) is 8.11. The van der Waals surface area contributed by atoms with Crippen molar-refractivity contribution in [2.24, 2.45) is 0 Å². The molecule has 0 N–H and O–H groups in total. The fraction of sp³-hybridized carbons (Fsp3) is 0.324. The van der Waals surface area contributed by atoms with E-state index in [4.69, 9.17) is 4.74 Å². The molecular weight excluding hydrogens is 533 g/mol. The highest BCUT2D eigenvalue weighted by Crippen LogP contribution is 2.38. The van der Waals surface area contributed by atoms with Crippen LogP contribution in [0.25, 0.3) is 0 Å². The maximum atomic E-state index is 14.0. The number of para-hydroxylation sites is 1. The number of halogens is 1. The van der Waals surface area contributed by atoms with E-state index in [0.717, 1.165) is 18.7 Å². The third kappa shape index (κ3) is 6.08. The number of carbonyl (C=O) groups is 3. The standard InChI is InChI=1S/C34H36FN3O4/c1-4-42-34(41)32-24(3)38(31(39)21-29(32)26-11-8-13-28(35)20-26)22-25-10-7-12-27(19-25)33(40)37-17-15-36(16-18-37)30-14-6-5-9-23(30)2/h5-14,19-20,29H,4,15-18,21-22H2,1-3H3. The lowest BCUT2D eigenvalue weighted by Crippen LogP contribution is -2.49. The van der Waals surface area contributed by atoms with Gasteiger partial charge in [0.15, 0.2) is 0 Å². The number of hydrogen-bond acceptors (Lipinski definition) is 5. The highest BCUT2D eigenvalue weighted by Gasteiger charge is 2.37. The van der Waals surface area contributed by atoms with Gasteiger partial charge in [0.05, 0.1) is 18.7 Å². The number of rotatable bonds is 7. The van der Waals surface area contributed by atoms with Crippen LogP contribution in [0, 0.1) is 12.7 Å². The van der Waals surface area contributed by atoms with Crippen LogP contribution in [0.1, 0.15) is 53.2 Å². The average molecular weight is 570 g/mol. The van der Waals surface area contributed by atoms with E-state index < -0.39 is 17.7 Å². The molecule has 3 aromatic carbocycles. The van der Waals surface area contributed by atoms with Crippen molar-refractivity contribution in [3.63, 3.8) is 0 Å². The summed E-state index contributed by atoms with van der Waals surface area (Å²) in [6.45, 7) is 8.67. The summed E-state index contributed by atoms with van der Waals surface area (Å²) < 4.78 is 19.4. The first-order valence-corrected chi connectivity index (χ1v) is 14.4. The zero-order chi connectivity index (χ0) is 29.8. The van der Waals surface area contributed by atoms with Crippen molar-refractivity contribution in [1.29, 1.82) is 0 Å². The zero-order valence-electron chi connectivity index (χ0n) is 24.3. The van der Waals surface area contributed by atoms with Gasteiger partial charge < -0.3 is 19.4 Å². The Bertz CT molecular complexity index is 1530. The zero-order valence-corrected chi connectivity index (χ0v) is 24.3. The Labute approximate surface area is 246 Å². The van der Waals surface area contributed by atoms with E-state index in [1.54, 1.807) is 36.9 Å². The Morgan fingerprint density at radius 1 is 0.929 bits per heavy atom. The lowest BCUT2D eigenvalue weighted by Gasteiger charge is -2.37. The number of anilines is 1. The molecule has 2 aliphatic rings. The molecule has 1 saturated heterocycles. The second-order valence-electron chi connectivity index (χ2n) is 10.8. The molecule has 1 atom stereocenters. The molecule has 0 saturated carbocycles. The van der Waals surface area contributed by atoms with Gasteiger partial charge in [-0.05, 0) is 67.8 Å². The largest absolute Gasteiger partial charge is 0.463 e. The van der Waals surface area contributed by atoms with Crippen LogP contribution in [-0.4, -0.2) is 60.4 Å². The minimum Gasteiger partial charge on any atom is -0.463 e. The van der Waals surface area contributed by atoms with Gasteiger partial charge in [-0.2, -0.15) is 0 Å². The lowest BCUT2D eigenvalue weighted by molar-refractivity contribution is -0.140. The number of piperazine rings is 1. The first-order chi connectivity index (χ1) is 20.3. The van der Waals surface area contributed by atoms with Crippen molar-refractivity contribution < 1.29 is 23.5 Å². The van der Waals surface area contributed by atoms with Gasteiger partial charge in [0.1, 0.15) is 5.82 Å². The van der Waals surface area contributed by atoms with Gasteiger partial charge in [0.25, 0.3) is 5.91 Å². The second kappa shape index (κ2) is 12.6. The third-order valence-corrected chi connectivity index (χ3v) is 8.11. The first-order valence-electron chi connectivity index (χ1n) is 14.4. The summed E-state index contributed by atoms with van der Waals surface area (Å²) in [5.41, 5.74) is 5.13. The topological polar surface area (TPSA) is 70.2 Å². The highest BCUT2D eigenvalue weighted by molar-refractivity contribution is 5.96. The smallest absolute Gasteiger partial charge is 0.336 e. The van der Waals surface area contributed by atoms with Crippen LogP contribution in [-0.2, 0) is 20.9 Å². The van der Waals surface area contributed by atoms with Crippen molar-refractivity contribution in [2.75, 3.05) is 37.7 Å². The van der Waals surface area contributed by atoms with Crippen LogP contribution < -0.4 is 4.90 Å². The van der Waals surface area contributed by atoms with Crippen molar-refractivity contribution in [3.05, 3.63) is 112 Å². The summed E-state index contributed by atoms with van der Waals surface area (Å²) >= 11 is 0. The van der Waals surface area contributed by atoms with Gasteiger partial charge in [-0.25, -0.2) is 9.18 Å². The molecule has 5 rings (SSSR count). The molecule has 0 bridgehead atoms. The number of aryl methyl sites for hydroxylation is 1. The fourth-order valence-electron chi connectivity index (χ4n) is 5.92. The molecule has 2 amide bonds. The lowest BCUT2D eigenvalue weighted by atomic mass is 9.83. The molecule has 7 nitrogen and oxygen atoms in total. The van der Waals surface area contributed by atoms with E-state index in [2.05, 4.69) is 24.0 Å². The van der Waals surface area contributed by atoms with Crippen molar-refractivity contribution in [2.45, 2.75) is 39.7 Å². The number of benzene rings is 3. The molecule has 2 heterocycles. The van der Waals surface area contributed by atoms with Crippen LogP contribution in [0.2, 0.25) is 0 Å². The average Bonchev–Trinajstić information content (AvgIpc) is 2.99. The van der Waals surface area contributed by atoms with E-state index in [1.165, 1.54) is 23.4 Å². The summed E-state index contributed by atoms with van der Waals surface area (Å²) in [5, 5.41) is 0.